The molecule has 0 amide bonds. The van der Waals surface area contributed by atoms with Crippen molar-refractivity contribution in [3.05, 3.63) is 35.4 Å². The fourth-order valence-electron chi connectivity index (χ4n) is 2.20. The van der Waals surface area contributed by atoms with Crippen molar-refractivity contribution in [2.24, 2.45) is 5.92 Å². The van der Waals surface area contributed by atoms with Crippen molar-refractivity contribution in [2.45, 2.75) is 39.2 Å². The second-order valence-corrected chi connectivity index (χ2v) is 5.65. The Morgan fingerprint density at radius 3 is 2.61 bits per heavy atom. The zero-order chi connectivity index (χ0) is 13.3. The summed E-state index contributed by atoms with van der Waals surface area (Å²) in [7, 11) is 0. The van der Waals surface area contributed by atoms with Gasteiger partial charge in [0.05, 0.1) is 0 Å². The highest BCUT2D eigenvalue weighted by Gasteiger charge is 2.35. The molecule has 0 bridgehead atoms. The summed E-state index contributed by atoms with van der Waals surface area (Å²) < 4.78 is 5.30. The third-order valence-corrected chi connectivity index (χ3v) is 2.99. The smallest absolute Gasteiger partial charge is 0.317 e. The number of hydrogen-bond donors (Lipinski definition) is 0. The van der Waals surface area contributed by atoms with Gasteiger partial charge in [0.2, 0.25) is 0 Å². The first-order chi connectivity index (χ1) is 8.38. The van der Waals surface area contributed by atoms with E-state index in [0.717, 1.165) is 12.0 Å². The number of esters is 1. The zero-order valence-corrected chi connectivity index (χ0v) is 11.0. The summed E-state index contributed by atoms with van der Waals surface area (Å²) in [6.07, 6.45) is 1.30. The van der Waals surface area contributed by atoms with Gasteiger partial charge in [0.15, 0.2) is 5.78 Å². The van der Waals surface area contributed by atoms with E-state index in [-0.39, 0.29) is 5.78 Å². The molecule has 0 saturated heterocycles. The van der Waals surface area contributed by atoms with Crippen LogP contribution in [-0.2, 0) is 16.0 Å². The van der Waals surface area contributed by atoms with Gasteiger partial charge in [-0.1, -0.05) is 24.3 Å². The van der Waals surface area contributed by atoms with Crippen LogP contribution in [-0.4, -0.2) is 17.4 Å². The highest BCUT2D eigenvalue weighted by atomic mass is 16.6. The van der Waals surface area contributed by atoms with Crippen molar-refractivity contribution in [1.29, 1.82) is 0 Å². The molecular formula is C15H18O3. The van der Waals surface area contributed by atoms with Crippen molar-refractivity contribution in [1.82, 2.24) is 0 Å². The number of hydrogen-bond acceptors (Lipinski definition) is 3. The normalized spacial score (nSPS) is 19.3. The monoisotopic (exact) mass is 246 g/mol. The van der Waals surface area contributed by atoms with E-state index < -0.39 is 17.5 Å². The predicted molar refractivity (Wildman–Crippen MR) is 68.4 cm³/mol. The van der Waals surface area contributed by atoms with E-state index in [4.69, 9.17) is 4.74 Å². The van der Waals surface area contributed by atoms with Gasteiger partial charge in [0.25, 0.3) is 0 Å². The lowest BCUT2D eigenvalue weighted by atomic mass is 9.83. The number of benzene rings is 1. The average molecular weight is 246 g/mol. The van der Waals surface area contributed by atoms with Crippen molar-refractivity contribution < 1.29 is 14.3 Å². The van der Waals surface area contributed by atoms with Gasteiger partial charge in [-0.3, -0.25) is 9.59 Å². The average Bonchev–Trinajstić information content (AvgIpc) is 2.27. The van der Waals surface area contributed by atoms with E-state index >= 15 is 0 Å². The van der Waals surface area contributed by atoms with Crippen molar-refractivity contribution in [2.75, 3.05) is 0 Å². The number of carbonyl (C=O) groups excluding carboxylic acids is 2. The Balaban J connectivity index is 2.19. The second-order valence-electron chi connectivity index (χ2n) is 5.65. The fourth-order valence-corrected chi connectivity index (χ4v) is 2.20. The lowest BCUT2D eigenvalue weighted by molar-refractivity contribution is -0.158. The number of fused-ring (bicyclic) bond motifs is 1. The lowest BCUT2D eigenvalue weighted by Gasteiger charge is -2.26. The van der Waals surface area contributed by atoms with Gasteiger partial charge >= 0.3 is 5.97 Å². The molecule has 0 heterocycles. The molecule has 18 heavy (non-hydrogen) atoms. The van der Waals surface area contributed by atoms with Crippen LogP contribution in [0.3, 0.4) is 0 Å². The molecule has 96 valence electrons. The number of aryl methyl sites for hydroxylation is 1. The maximum absolute atomic E-state index is 12.2. The number of ether oxygens (including phenoxy) is 1. The Morgan fingerprint density at radius 1 is 1.28 bits per heavy atom. The molecule has 0 fully saturated rings. The van der Waals surface area contributed by atoms with Crippen molar-refractivity contribution in [3.8, 4) is 0 Å². The summed E-state index contributed by atoms with van der Waals surface area (Å²) in [4.78, 5) is 24.2. The van der Waals surface area contributed by atoms with E-state index in [1.165, 1.54) is 0 Å². The lowest BCUT2D eigenvalue weighted by Crippen LogP contribution is -2.35. The van der Waals surface area contributed by atoms with Crippen LogP contribution in [0.4, 0.5) is 0 Å². The summed E-state index contributed by atoms with van der Waals surface area (Å²) >= 11 is 0. The number of ketones is 1. The Hall–Kier alpha value is -1.64. The standard InChI is InChI=1S/C15H18O3/c1-15(2,3)18-14(17)12-9-8-10-6-4-5-7-11(10)13(12)16/h4-7,12H,8-9H2,1-3H3. The maximum Gasteiger partial charge on any atom is 0.317 e. The van der Waals surface area contributed by atoms with E-state index in [9.17, 15) is 9.59 Å². The van der Waals surface area contributed by atoms with Gasteiger partial charge in [-0.2, -0.15) is 0 Å². The Bertz CT molecular complexity index is 483. The van der Waals surface area contributed by atoms with Crippen LogP contribution in [0.1, 0.15) is 43.1 Å². The van der Waals surface area contributed by atoms with Gasteiger partial charge in [-0.05, 0) is 39.2 Å². The highest BCUT2D eigenvalue weighted by molar-refractivity contribution is 6.10. The summed E-state index contributed by atoms with van der Waals surface area (Å²) in [6, 6.07) is 7.47. The minimum Gasteiger partial charge on any atom is -0.459 e. The SMILES string of the molecule is CC(C)(C)OC(=O)C1CCc2ccccc2C1=O. The molecule has 1 atom stereocenters. The third kappa shape index (κ3) is 2.61. The molecule has 0 spiro atoms. The first-order valence-electron chi connectivity index (χ1n) is 6.23. The number of carbonyl (C=O) groups is 2. The summed E-state index contributed by atoms with van der Waals surface area (Å²) in [5, 5.41) is 0. The Kier molecular flexibility index (Phi) is 3.24. The molecule has 1 unspecified atom stereocenters. The molecule has 3 heteroatoms. The molecule has 0 radical (unpaired) electrons. The Morgan fingerprint density at radius 2 is 1.94 bits per heavy atom. The molecule has 2 rings (SSSR count). The topological polar surface area (TPSA) is 43.4 Å². The summed E-state index contributed by atoms with van der Waals surface area (Å²) in [5.41, 5.74) is 1.15. The van der Waals surface area contributed by atoms with Crippen LogP contribution in [0, 0.1) is 5.92 Å². The number of rotatable bonds is 1. The van der Waals surface area contributed by atoms with Crippen LogP contribution in [0.25, 0.3) is 0 Å². The molecule has 0 N–H and O–H groups in total. The van der Waals surface area contributed by atoms with Crippen LogP contribution in [0.2, 0.25) is 0 Å². The van der Waals surface area contributed by atoms with Crippen molar-refractivity contribution in [3.63, 3.8) is 0 Å². The quantitative estimate of drug-likeness (QED) is 0.565. The van der Waals surface area contributed by atoms with Gasteiger partial charge in [0.1, 0.15) is 11.5 Å². The summed E-state index contributed by atoms with van der Waals surface area (Å²) in [5.74, 6) is -1.15. The molecular weight excluding hydrogens is 228 g/mol. The van der Waals surface area contributed by atoms with Crippen LogP contribution in [0.5, 0.6) is 0 Å². The summed E-state index contributed by atoms with van der Waals surface area (Å²) in [6.45, 7) is 5.43. The molecule has 0 saturated carbocycles. The van der Waals surface area contributed by atoms with E-state index in [1.54, 1.807) is 6.07 Å². The van der Waals surface area contributed by atoms with Gasteiger partial charge < -0.3 is 4.74 Å². The second kappa shape index (κ2) is 4.56. The largest absolute Gasteiger partial charge is 0.459 e. The third-order valence-electron chi connectivity index (χ3n) is 2.99. The van der Waals surface area contributed by atoms with E-state index in [2.05, 4.69) is 0 Å². The molecule has 1 aromatic rings. The predicted octanol–water partition coefficient (Wildman–Crippen LogP) is 2.77. The van der Waals surface area contributed by atoms with Crippen LogP contribution < -0.4 is 0 Å². The van der Waals surface area contributed by atoms with Gasteiger partial charge in [-0.15, -0.1) is 0 Å². The first kappa shape index (κ1) is 12.8. The van der Waals surface area contributed by atoms with Crippen LogP contribution >= 0.6 is 0 Å². The Labute approximate surface area is 107 Å². The first-order valence-corrected chi connectivity index (χ1v) is 6.23. The van der Waals surface area contributed by atoms with Gasteiger partial charge in [-0.25, -0.2) is 0 Å². The van der Waals surface area contributed by atoms with E-state index in [0.29, 0.717) is 12.0 Å². The molecule has 3 nitrogen and oxygen atoms in total. The molecule has 0 aromatic heterocycles. The molecule has 1 aliphatic rings. The zero-order valence-electron chi connectivity index (χ0n) is 11.0. The molecule has 1 aliphatic carbocycles. The molecule has 1 aromatic carbocycles. The maximum atomic E-state index is 12.2. The number of Topliss-reactive ketones (excluding diaryl/α,β-unsaturated/α-hetero) is 1. The van der Waals surface area contributed by atoms with Crippen molar-refractivity contribution >= 4 is 11.8 Å². The fraction of sp³-hybridized carbons (Fsp3) is 0.467. The minimum absolute atomic E-state index is 0.105. The van der Waals surface area contributed by atoms with E-state index in [1.807, 2.05) is 39.0 Å². The molecule has 0 aliphatic heterocycles. The van der Waals surface area contributed by atoms with Crippen LogP contribution in [0.15, 0.2) is 24.3 Å². The minimum atomic E-state index is -0.640. The highest BCUT2D eigenvalue weighted by Crippen LogP contribution is 2.27. The van der Waals surface area contributed by atoms with Gasteiger partial charge in [0, 0.05) is 5.56 Å².